The molecule has 23 heavy (non-hydrogen) atoms. The number of carbonyl (C=O) groups is 1. The Kier molecular flexibility index (Phi) is 3.55. The maximum Gasteiger partial charge on any atom is 0.276 e. The van der Waals surface area contributed by atoms with Gasteiger partial charge in [-0.25, -0.2) is 4.99 Å². The van der Waals surface area contributed by atoms with Gasteiger partial charge in [0.05, 0.1) is 0 Å². The second-order valence-electron chi connectivity index (χ2n) is 5.72. The molecule has 2 aromatic rings. The highest BCUT2D eigenvalue weighted by molar-refractivity contribution is 6.14. The van der Waals surface area contributed by atoms with Crippen LogP contribution in [0, 0.1) is 0 Å². The average Bonchev–Trinajstić information content (AvgIpc) is 2.97. The first-order chi connectivity index (χ1) is 11.3. The molecule has 2 N–H and O–H groups in total. The van der Waals surface area contributed by atoms with Gasteiger partial charge in [-0.3, -0.25) is 10.1 Å². The Morgan fingerprint density at radius 2 is 1.83 bits per heavy atom. The predicted octanol–water partition coefficient (Wildman–Crippen LogP) is 1.57. The lowest BCUT2D eigenvalue weighted by atomic mass is 10.0. The maximum atomic E-state index is 12.2. The number of nitrogens with one attached hydrogen (secondary N) is 2. The molecule has 0 spiro atoms. The molecule has 0 aliphatic carbocycles. The second kappa shape index (κ2) is 5.85. The summed E-state index contributed by atoms with van der Waals surface area (Å²) >= 11 is 0. The fourth-order valence-corrected chi connectivity index (χ4v) is 3.01. The summed E-state index contributed by atoms with van der Waals surface area (Å²) in [6.45, 7) is 3.55. The van der Waals surface area contributed by atoms with Gasteiger partial charge in [-0.15, -0.1) is 0 Å². The summed E-state index contributed by atoms with van der Waals surface area (Å²) in [6.07, 6.45) is 1.87. The average molecular weight is 306 g/mol. The SMILES string of the molecule is O=C1NC(N2CCNCC2)=N/C1=C\c1cccc2ccccc12. The number of rotatable bonds is 1. The van der Waals surface area contributed by atoms with Crippen molar-refractivity contribution in [3.05, 3.63) is 53.7 Å². The molecule has 0 unspecified atom stereocenters. The van der Waals surface area contributed by atoms with Gasteiger partial charge >= 0.3 is 0 Å². The Morgan fingerprint density at radius 3 is 2.70 bits per heavy atom. The van der Waals surface area contributed by atoms with Crippen LogP contribution in [0.15, 0.2) is 53.2 Å². The van der Waals surface area contributed by atoms with E-state index < -0.39 is 0 Å². The highest BCUT2D eigenvalue weighted by Crippen LogP contribution is 2.22. The van der Waals surface area contributed by atoms with E-state index in [1.807, 2.05) is 30.3 Å². The van der Waals surface area contributed by atoms with Gasteiger partial charge < -0.3 is 10.2 Å². The van der Waals surface area contributed by atoms with Crippen LogP contribution in [-0.2, 0) is 4.79 Å². The number of aliphatic imine (C=N–C) groups is 1. The monoisotopic (exact) mass is 306 g/mol. The summed E-state index contributed by atoms with van der Waals surface area (Å²) in [4.78, 5) is 18.9. The normalized spacial score (nSPS) is 20.0. The largest absolute Gasteiger partial charge is 0.340 e. The summed E-state index contributed by atoms with van der Waals surface area (Å²) in [5, 5.41) is 8.46. The molecule has 2 heterocycles. The Balaban J connectivity index is 1.69. The second-order valence-corrected chi connectivity index (χ2v) is 5.72. The number of nitrogens with zero attached hydrogens (tertiary/aromatic N) is 2. The number of amides is 1. The van der Waals surface area contributed by atoms with E-state index in [1.165, 1.54) is 0 Å². The molecule has 5 heteroatoms. The zero-order valence-corrected chi connectivity index (χ0v) is 12.7. The molecule has 0 radical (unpaired) electrons. The van der Waals surface area contributed by atoms with Crippen molar-refractivity contribution < 1.29 is 4.79 Å². The van der Waals surface area contributed by atoms with E-state index in [9.17, 15) is 4.79 Å². The van der Waals surface area contributed by atoms with E-state index in [0.29, 0.717) is 11.7 Å². The van der Waals surface area contributed by atoms with Gasteiger partial charge in [-0.1, -0.05) is 42.5 Å². The minimum atomic E-state index is -0.133. The first-order valence-corrected chi connectivity index (χ1v) is 7.86. The molecule has 0 bridgehead atoms. The minimum absolute atomic E-state index is 0.133. The van der Waals surface area contributed by atoms with Crippen LogP contribution in [0.25, 0.3) is 16.8 Å². The van der Waals surface area contributed by atoms with E-state index in [1.54, 1.807) is 0 Å². The minimum Gasteiger partial charge on any atom is -0.340 e. The van der Waals surface area contributed by atoms with Crippen molar-refractivity contribution in [3.63, 3.8) is 0 Å². The van der Waals surface area contributed by atoms with E-state index in [2.05, 4.69) is 38.7 Å². The Hall–Kier alpha value is -2.66. The molecule has 0 saturated carbocycles. The van der Waals surface area contributed by atoms with Crippen LogP contribution in [0.3, 0.4) is 0 Å². The first kappa shape index (κ1) is 14.0. The lowest BCUT2D eigenvalue weighted by Gasteiger charge is -2.28. The van der Waals surface area contributed by atoms with Gasteiger partial charge in [0.1, 0.15) is 5.70 Å². The summed E-state index contributed by atoms with van der Waals surface area (Å²) < 4.78 is 0. The Morgan fingerprint density at radius 1 is 1.04 bits per heavy atom. The third-order valence-electron chi connectivity index (χ3n) is 4.22. The van der Waals surface area contributed by atoms with Gasteiger partial charge in [0.15, 0.2) is 0 Å². The predicted molar refractivity (Wildman–Crippen MR) is 91.9 cm³/mol. The fourth-order valence-electron chi connectivity index (χ4n) is 3.01. The summed E-state index contributed by atoms with van der Waals surface area (Å²) in [7, 11) is 0. The van der Waals surface area contributed by atoms with Crippen LogP contribution >= 0.6 is 0 Å². The van der Waals surface area contributed by atoms with Crippen molar-refractivity contribution >= 4 is 28.7 Å². The highest BCUT2D eigenvalue weighted by Gasteiger charge is 2.25. The summed E-state index contributed by atoms with van der Waals surface area (Å²) in [5.41, 5.74) is 1.48. The molecule has 4 rings (SSSR count). The molecule has 2 aliphatic heterocycles. The van der Waals surface area contributed by atoms with Crippen LogP contribution in [0.2, 0.25) is 0 Å². The smallest absolute Gasteiger partial charge is 0.276 e. The van der Waals surface area contributed by atoms with Gasteiger partial charge in [-0.2, -0.15) is 0 Å². The van der Waals surface area contributed by atoms with Crippen LogP contribution < -0.4 is 10.6 Å². The zero-order chi connectivity index (χ0) is 15.6. The van der Waals surface area contributed by atoms with Crippen molar-refractivity contribution in [2.45, 2.75) is 0 Å². The van der Waals surface area contributed by atoms with Crippen LogP contribution in [0.1, 0.15) is 5.56 Å². The maximum absolute atomic E-state index is 12.2. The van der Waals surface area contributed by atoms with Crippen LogP contribution in [0.4, 0.5) is 0 Å². The number of hydrogen-bond acceptors (Lipinski definition) is 4. The van der Waals surface area contributed by atoms with Crippen molar-refractivity contribution in [1.29, 1.82) is 0 Å². The number of hydrogen-bond donors (Lipinski definition) is 2. The van der Waals surface area contributed by atoms with Crippen molar-refractivity contribution in [2.75, 3.05) is 26.2 Å². The molecular weight excluding hydrogens is 288 g/mol. The number of benzene rings is 2. The van der Waals surface area contributed by atoms with Gasteiger partial charge in [0.2, 0.25) is 5.96 Å². The fraction of sp³-hybridized carbons (Fsp3) is 0.222. The lowest BCUT2D eigenvalue weighted by molar-refractivity contribution is -0.115. The van der Waals surface area contributed by atoms with Gasteiger partial charge in [-0.05, 0) is 22.4 Å². The topological polar surface area (TPSA) is 56.7 Å². The van der Waals surface area contributed by atoms with Crippen LogP contribution in [-0.4, -0.2) is 42.9 Å². The highest BCUT2D eigenvalue weighted by atomic mass is 16.2. The van der Waals surface area contributed by atoms with Crippen molar-refractivity contribution in [3.8, 4) is 0 Å². The third-order valence-corrected chi connectivity index (χ3v) is 4.22. The molecular formula is C18H18N4O. The van der Waals surface area contributed by atoms with Crippen LogP contribution in [0.5, 0.6) is 0 Å². The number of piperazine rings is 1. The van der Waals surface area contributed by atoms with Crippen molar-refractivity contribution in [1.82, 2.24) is 15.5 Å². The van der Waals surface area contributed by atoms with Gasteiger partial charge in [0.25, 0.3) is 5.91 Å². The van der Waals surface area contributed by atoms with E-state index >= 15 is 0 Å². The summed E-state index contributed by atoms with van der Waals surface area (Å²) in [5.74, 6) is 0.537. The number of carbonyl (C=O) groups excluding carboxylic acids is 1. The lowest BCUT2D eigenvalue weighted by Crippen LogP contribution is -2.50. The Bertz CT molecular complexity index is 813. The number of guanidine groups is 1. The Labute approximate surface area is 134 Å². The standard InChI is InChI=1S/C18H18N4O/c23-17-16(20-18(21-17)22-10-8-19-9-11-22)12-14-6-3-5-13-4-1-2-7-15(13)14/h1-7,12,19H,8-11H2,(H,20,21,23)/b16-12-. The molecule has 2 aromatic carbocycles. The molecule has 1 saturated heterocycles. The molecule has 0 aromatic heterocycles. The molecule has 2 aliphatic rings. The molecule has 1 amide bonds. The van der Waals surface area contributed by atoms with Gasteiger partial charge in [0, 0.05) is 26.2 Å². The quantitative estimate of drug-likeness (QED) is 0.786. The van der Waals surface area contributed by atoms with E-state index in [4.69, 9.17) is 0 Å². The first-order valence-electron chi connectivity index (χ1n) is 7.86. The molecule has 5 nitrogen and oxygen atoms in total. The van der Waals surface area contributed by atoms with Crippen molar-refractivity contribution in [2.24, 2.45) is 4.99 Å². The molecule has 1 fully saturated rings. The van der Waals surface area contributed by atoms with E-state index in [-0.39, 0.29) is 5.91 Å². The number of fused-ring (bicyclic) bond motifs is 1. The zero-order valence-electron chi connectivity index (χ0n) is 12.7. The molecule has 116 valence electrons. The van der Waals surface area contributed by atoms with E-state index in [0.717, 1.165) is 42.5 Å². The summed E-state index contributed by atoms with van der Waals surface area (Å²) in [6, 6.07) is 14.2. The third kappa shape index (κ3) is 2.71. The molecule has 0 atom stereocenters.